The quantitative estimate of drug-likeness (QED) is 0.619. The van der Waals surface area contributed by atoms with Gasteiger partial charge in [-0.2, -0.15) is 0 Å². The average Bonchev–Trinajstić information content (AvgIpc) is 2.63. The first-order valence-corrected chi connectivity index (χ1v) is 9.36. The number of rotatable bonds is 8. The van der Waals surface area contributed by atoms with Gasteiger partial charge in [-0.1, -0.05) is 44.4 Å². The van der Waals surface area contributed by atoms with E-state index in [9.17, 15) is 18.0 Å². The molecular formula is C19H27F3N2O3. The summed E-state index contributed by atoms with van der Waals surface area (Å²) < 4.78 is 46.5. The molecule has 1 aromatic rings. The SMILES string of the molecule is CCCCCCN1CCN(C(=O)OCc2ccccc2OC(F)(F)F)CC1. The van der Waals surface area contributed by atoms with E-state index in [4.69, 9.17) is 4.74 Å². The summed E-state index contributed by atoms with van der Waals surface area (Å²) in [6.07, 6.45) is -0.467. The number of benzene rings is 1. The van der Waals surface area contributed by atoms with Crippen LogP contribution in [0.1, 0.15) is 38.2 Å². The van der Waals surface area contributed by atoms with E-state index in [0.717, 1.165) is 26.1 Å². The first-order valence-electron chi connectivity index (χ1n) is 9.36. The maximum atomic E-state index is 12.4. The monoisotopic (exact) mass is 388 g/mol. The highest BCUT2D eigenvalue weighted by Crippen LogP contribution is 2.26. The second-order valence-corrected chi connectivity index (χ2v) is 6.60. The fourth-order valence-electron chi connectivity index (χ4n) is 2.99. The fraction of sp³-hybridized carbons (Fsp3) is 0.632. The number of amides is 1. The summed E-state index contributed by atoms with van der Waals surface area (Å²) in [7, 11) is 0. The molecule has 0 radical (unpaired) electrons. The Balaban J connectivity index is 1.76. The van der Waals surface area contributed by atoms with Crippen molar-refractivity contribution in [2.75, 3.05) is 32.7 Å². The predicted molar refractivity (Wildman–Crippen MR) is 95.5 cm³/mol. The molecule has 1 saturated heterocycles. The number of nitrogens with zero attached hydrogens (tertiary/aromatic N) is 2. The number of ether oxygens (including phenoxy) is 2. The van der Waals surface area contributed by atoms with Gasteiger partial charge in [-0.15, -0.1) is 13.2 Å². The van der Waals surface area contributed by atoms with Crippen molar-refractivity contribution in [2.45, 2.75) is 45.6 Å². The van der Waals surface area contributed by atoms with E-state index in [1.54, 1.807) is 11.0 Å². The van der Waals surface area contributed by atoms with Crippen molar-refractivity contribution < 1.29 is 27.4 Å². The summed E-state index contributed by atoms with van der Waals surface area (Å²) in [5, 5.41) is 0. The Hall–Kier alpha value is -1.96. The van der Waals surface area contributed by atoms with Crippen LogP contribution in [-0.4, -0.2) is 55.0 Å². The minimum absolute atomic E-state index is 0.178. The first kappa shape index (κ1) is 21.3. The van der Waals surface area contributed by atoms with E-state index < -0.39 is 12.5 Å². The molecular weight excluding hydrogens is 361 g/mol. The molecule has 1 heterocycles. The van der Waals surface area contributed by atoms with Crippen molar-refractivity contribution >= 4 is 6.09 Å². The Morgan fingerprint density at radius 1 is 1.07 bits per heavy atom. The molecule has 0 aliphatic carbocycles. The molecule has 0 unspecified atom stereocenters. The molecule has 2 rings (SSSR count). The highest BCUT2D eigenvalue weighted by molar-refractivity contribution is 5.67. The van der Waals surface area contributed by atoms with E-state index in [2.05, 4.69) is 16.6 Å². The van der Waals surface area contributed by atoms with Gasteiger partial charge in [0.25, 0.3) is 0 Å². The lowest BCUT2D eigenvalue weighted by atomic mass is 10.2. The van der Waals surface area contributed by atoms with Crippen LogP contribution in [0.3, 0.4) is 0 Å². The number of carbonyl (C=O) groups is 1. The molecule has 0 N–H and O–H groups in total. The Bertz CT molecular complexity index is 588. The third-order valence-electron chi connectivity index (χ3n) is 4.51. The molecule has 0 aromatic heterocycles. The average molecular weight is 388 g/mol. The summed E-state index contributed by atoms with van der Waals surface area (Å²) in [5.41, 5.74) is 0.178. The molecule has 0 atom stereocenters. The van der Waals surface area contributed by atoms with Gasteiger partial charge in [0.1, 0.15) is 12.4 Å². The van der Waals surface area contributed by atoms with Gasteiger partial charge >= 0.3 is 12.5 Å². The van der Waals surface area contributed by atoms with Gasteiger partial charge in [0.15, 0.2) is 0 Å². The van der Waals surface area contributed by atoms with E-state index >= 15 is 0 Å². The van der Waals surface area contributed by atoms with Crippen molar-refractivity contribution in [1.82, 2.24) is 9.80 Å². The van der Waals surface area contributed by atoms with Crippen LogP contribution in [0.5, 0.6) is 5.75 Å². The van der Waals surface area contributed by atoms with E-state index in [0.29, 0.717) is 13.1 Å². The summed E-state index contributed by atoms with van der Waals surface area (Å²) in [6, 6.07) is 5.66. The summed E-state index contributed by atoms with van der Waals surface area (Å²) in [4.78, 5) is 16.1. The van der Waals surface area contributed by atoms with Crippen LogP contribution in [0.4, 0.5) is 18.0 Å². The number of halogens is 3. The van der Waals surface area contributed by atoms with Crippen molar-refractivity contribution in [2.24, 2.45) is 0 Å². The third-order valence-corrected chi connectivity index (χ3v) is 4.51. The number of hydrogen-bond acceptors (Lipinski definition) is 4. The lowest BCUT2D eigenvalue weighted by molar-refractivity contribution is -0.275. The van der Waals surface area contributed by atoms with Crippen LogP contribution >= 0.6 is 0 Å². The highest BCUT2D eigenvalue weighted by atomic mass is 19.4. The van der Waals surface area contributed by atoms with Crippen LogP contribution < -0.4 is 4.74 Å². The second kappa shape index (κ2) is 10.4. The Kier molecular flexibility index (Phi) is 8.22. The number of hydrogen-bond donors (Lipinski definition) is 0. The van der Waals surface area contributed by atoms with Gasteiger partial charge in [-0.05, 0) is 19.0 Å². The zero-order valence-corrected chi connectivity index (χ0v) is 15.6. The van der Waals surface area contributed by atoms with Gasteiger partial charge in [-0.3, -0.25) is 4.90 Å². The molecule has 0 bridgehead atoms. The molecule has 0 spiro atoms. The largest absolute Gasteiger partial charge is 0.573 e. The van der Waals surface area contributed by atoms with E-state index in [1.807, 2.05) is 0 Å². The number of alkyl halides is 3. The molecule has 1 aliphatic rings. The van der Waals surface area contributed by atoms with Gasteiger partial charge in [0.2, 0.25) is 0 Å². The van der Waals surface area contributed by atoms with Gasteiger partial charge < -0.3 is 14.4 Å². The minimum Gasteiger partial charge on any atom is -0.444 e. The zero-order valence-electron chi connectivity index (χ0n) is 15.6. The summed E-state index contributed by atoms with van der Waals surface area (Å²) >= 11 is 0. The topological polar surface area (TPSA) is 42.0 Å². The standard InChI is InChI=1S/C19H27F3N2O3/c1-2-3-4-7-10-23-11-13-24(14-12-23)18(25)26-15-16-8-5-6-9-17(16)27-19(20,21)22/h5-6,8-9H,2-4,7,10-15H2,1H3. The Labute approximate surface area is 158 Å². The van der Waals surface area contributed by atoms with Crippen molar-refractivity contribution in [1.29, 1.82) is 0 Å². The number of para-hydroxylation sites is 1. The molecule has 8 heteroatoms. The zero-order chi connectivity index (χ0) is 19.7. The van der Waals surface area contributed by atoms with Gasteiger partial charge in [0, 0.05) is 31.7 Å². The lowest BCUT2D eigenvalue weighted by Crippen LogP contribution is -2.48. The fourth-order valence-corrected chi connectivity index (χ4v) is 2.99. The number of piperazine rings is 1. The predicted octanol–water partition coefficient (Wildman–Crippen LogP) is 4.42. The molecule has 1 amide bonds. The maximum Gasteiger partial charge on any atom is 0.573 e. The number of unbranched alkanes of at least 4 members (excludes halogenated alkanes) is 3. The number of carbonyl (C=O) groups excluding carboxylic acids is 1. The van der Waals surface area contributed by atoms with Crippen molar-refractivity contribution in [3.63, 3.8) is 0 Å². The van der Waals surface area contributed by atoms with Crippen LogP contribution in [0.25, 0.3) is 0 Å². The summed E-state index contributed by atoms with van der Waals surface area (Å²) in [5.74, 6) is -0.352. The molecule has 152 valence electrons. The van der Waals surface area contributed by atoms with E-state index in [-0.39, 0.29) is 17.9 Å². The van der Waals surface area contributed by atoms with Gasteiger partial charge in [-0.25, -0.2) is 4.79 Å². The van der Waals surface area contributed by atoms with Gasteiger partial charge in [0.05, 0.1) is 0 Å². The van der Waals surface area contributed by atoms with Crippen LogP contribution in [0, 0.1) is 0 Å². The minimum atomic E-state index is -4.78. The van der Waals surface area contributed by atoms with Crippen LogP contribution in [-0.2, 0) is 11.3 Å². The first-order chi connectivity index (χ1) is 12.9. The third kappa shape index (κ3) is 7.66. The molecule has 1 fully saturated rings. The lowest BCUT2D eigenvalue weighted by Gasteiger charge is -2.34. The summed E-state index contributed by atoms with van der Waals surface area (Å²) in [6.45, 7) is 5.65. The second-order valence-electron chi connectivity index (χ2n) is 6.60. The molecule has 27 heavy (non-hydrogen) atoms. The molecule has 1 aliphatic heterocycles. The van der Waals surface area contributed by atoms with E-state index in [1.165, 1.54) is 37.5 Å². The Morgan fingerprint density at radius 2 is 1.78 bits per heavy atom. The molecule has 0 saturated carbocycles. The van der Waals surface area contributed by atoms with Crippen LogP contribution in [0.15, 0.2) is 24.3 Å². The van der Waals surface area contributed by atoms with Crippen molar-refractivity contribution in [3.8, 4) is 5.75 Å². The van der Waals surface area contributed by atoms with Crippen molar-refractivity contribution in [3.05, 3.63) is 29.8 Å². The molecule has 5 nitrogen and oxygen atoms in total. The smallest absolute Gasteiger partial charge is 0.444 e. The van der Waals surface area contributed by atoms with Crippen LogP contribution in [0.2, 0.25) is 0 Å². The highest BCUT2D eigenvalue weighted by Gasteiger charge is 2.32. The normalized spacial score (nSPS) is 15.6. The maximum absolute atomic E-state index is 12.4. The Morgan fingerprint density at radius 3 is 2.44 bits per heavy atom. The molecule has 1 aromatic carbocycles.